The molecule has 0 bridgehead atoms. The van der Waals surface area contributed by atoms with E-state index in [9.17, 15) is 4.79 Å². The van der Waals surface area contributed by atoms with Crippen LogP contribution >= 0.6 is 0 Å². The van der Waals surface area contributed by atoms with Crippen molar-refractivity contribution in [3.05, 3.63) is 70.9 Å². The zero-order chi connectivity index (χ0) is 12.5. The lowest BCUT2D eigenvalue weighted by Gasteiger charge is -2.04. The Morgan fingerprint density at radius 1 is 1.06 bits per heavy atom. The molecule has 2 heteroatoms. The van der Waals surface area contributed by atoms with Gasteiger partial charge in [0.2, 0.25) is 5.43 Å². The molecule has 18 heavy (non-hydrogen) atoms. The summed E-state index contributed by atoms with van der Waals surface area (Å²) in [4.78, 5) is 12.5. The molecule has 1 aromatic heterocycles. The average Bonchev–Trinajstić information content (AvgIpc) is 2.39. The summed E-state index contributed by atoms with van der Waals surface area (Å²) in [5, 5.41) is 1.29. The van der Waals surface area contributed by atoms with Crippen molar-refractivity contribution in [1.82, 2.24) is 0 Å². The van der Waals surface area contributed by atoms with Gasteiger partial charge < -0.3 is 4.42 Å². The Bertz CT molecular complexity index is 797. The first kappa shape index (κ1) is 10.8. The molecule has 0 atom stereocenters. The molecule has 3 aromatic rings. The van der Waals surface area contributed by atoms with Gasteiger partial charge in [-0.25, -0.2) is 0 Å². The lowest BCUT2D eigenvalue weighted by Crippen LogP contribution is -2.04. The van der Waals surface area contributed by atoms with Crippen molar-refractivity contribution in [2.45, 2.75) is 6.42 Å². The fourth-order valence-corrected chi connectivity index (χ4v) is 2.24. The van der Waals surface area contributed by atoms with Gasteiger partial charge in [-0.2, -0.15) is 0 Å². The van der Waals surface area contributed by atoms with Gasteiger partial charge in [0.25, 0.3) is 0 Å². The molecule has 0 saturated carbocycles. The monoisotopic (exact) mass is 236 g/mol. The third-order valence-electron chi connectivity index (χ3n) is 3.06. The largest absolute Gasteiger partial charge is 0.456 e. The standard InChI is InChI=1S/C16H12O2/c1-2-6-11-7-5-10-14-15(11)16(17)12-8-3-4-9-13(12)18-14/h2-5,7-10H,1,6H2. The second-order valence-electron chi connectivity index (χ2n) is 4.21. The first-order chi connectivity index (χ1) is 8.81. The van der Waals surface area contributed by atoms with Crippen molar-refractivity contribution in [3.8, 4) is 0 Å². The van der Waals surface area contributed by atoms with Crippen LogP contribution in [0.15, 0.2) is 64.3 Å². The van der Waals surface area contributed by atoms with Crippen LogP contribution in [-0.2, 0) is 6.42 Å². The van der Waals surface area contributed by atoms with Crippen molar-refractivity contribution in [2.75, 3.05) is 0 Å². The van der Waals surface area contributed by atoms with E-state index in [1.54, 1.807) is 12.1 Å². The fraction of sp³-hybridized carbons (Fsp3) is 0.0625. The van der Waals surface area contributed by atoms with E-state index in [4.69, 9.17) is 4.42 Å². The van der Waals surface area contributed by atoms with Gasteiger partial charge in [0.05, 0.1) is 10.8 Å². The van der Waals surface area contributed by atoms with Crippen molar-refractivity contribution in [1.29, 1.82) is 0 Å². The normalized spacial score (nSPS) is 10.9. The minimum absolute atomic E-state index is 0.0318. The first-order valence-corrected chi connectivity index (χ1v) is 5.85. The number of hydrogen-bond donors (Lipinski definition) is 0. The van der Waals surface area contributed by atoms with Crippen molar-refractivity contribution in [3.63, 3.8) is 0 Å². The molecule has 0 spiro atoms. The van der Waals surface area contributed by atoms with E-state index in [1.807, 2.05) is 36.4 Å². The number of allylic oxidation sites excluding steroid dienone is 1. The predicted octanol–water partition coefficient (Wildman–Crippen LogP) is 3.67. The molecule has 0 saturated heterocycles. The second-order valence-corrected chi connectivity index (χ2v) is 4.21. The summed E-state index contributed by atoms with van der Waals surface area (Å²) in [6, 6.07) is 13.0. The van der Waals surface area contributed by atoms with Gasteiger partial charge in [-0.15, -0.1) is 6.58 Å². The number of rotatable bonds is 2. The molecular weight excluding hydrogens is 224 g/mol. The van der Waals surface area contributed by atoms with E-state index in [2.05, 4.69) is 6.58 Å². The van der Waals surface area contributed by atoms with Gasteiger partial charge in [0.15, 0.2) is 0 Å². The average molecular weight is 236 g/mol. The van der Waals surface area contributed by atoms with Crippen molar-refractivity contribution >= 4 is 21.9 Å². The lowest BCUT2D eigenvalue weighted by atomic mass is 10.0. The Labute approximate surface area is 104 Å². The van der Waals surface area contributed by atoms with E-state index >= 15 is 0 Å². The Morgan fingerprint density at radius 2 is 1.83 bits per heavy atom. The summed E-state index contributed by atoms with van der Waals surface area (Å²) in [7, 11) is 0. The summed E-state index contributed by atoms with van der Waals surface area (Å²) in [5.74, 6) is 0. The summed E-state index contributed by atoms with van der Waals surface area (Å²) in [5.41, 5.74) is 2.26. The minimum Gasteiger partial charge on any atom is -0.456 e. The molecule has 2 aromatic carbocycles. The highest BCUT2D eigenvalue weighted by atomic mass is 16.3. The van der Waals surface area contributed by atoms with E-state index in [1.165, 1.54) is 0 Å². The third-order valence-corrected chi connectivity index (χ3v) is 3.06. The Kier molecular flexibility index (Phi) is 2.49. The summed E-state index contributed by atoms with van der Waals surface area (Å²) in [6.07, 6.45) is 2.46. The van der Waals surface area contributed by atoms with E-state index in [-0.39, 0.29) is 5.43 Å². The molecule has 0 unspecified atom stereocenters. The first-order valence-electron chi connectivity index (χ1n) is 5.85. The number of hydrogen-bond acceptors (Lipinski definition) is 2. The maximum absolute atomic E-state index is 12.5. The Morgan fingerprint density at radius 3 is 2.67 bits per heavy atom. The molecule has 0 N–H and O–H groups in total. The number of para-hydroxylation sites is 1. The van der Waals surface area contributed by atoms with Gasteiger partial charge >= 0.3 is 0 Å². The maximum Gasteiger partial charge on any atom is 0.200 e. The molecule has 0 aliphatic rings. The van der Waals surface area contributed by atoms with Crippen LogP contribution < -0.4 is 5.43 Å². The van der Waals surface area contributed by atoms with Crippen LogP contribution in [0.3, 0.4) is 0 Å². The molecule has 1 heterocycles. The minimum atomic E-state index is 0.0318. The van der Waals surface area contributed by atoms with Crippen LogP contribution in [-0.4, -0.2) is 0 Å². The quantitative estimate of drug-likeness (QED) is 0.502. The zero-order valence-corrected chi connectivity index (χ0v) is 9.85. The predicted molar refractivity (Wildman–Crippen MR) is 73.9 cm³/mol. The molecule has 0 fully saturated rings. The summed E-state index contributed by atoms with van der Waals surface area (Å²) < 4.78 is 5.78. The Hall–Kier alpha value is -2.35. The molecule has 0 amide bonds. The maximum atomic E-state index is 12.5. The smallest absolute Gasteiger partial charge is 0.200 e. The highest BCUT2D eigenvalue weighted by Gasteiger charge is 2.09. The van der Waals surface area contributed by atoms with Gasteiger partial charge in [0, 0.05) is 0 Å². The van der Waals surface area contributed by atoms with Gasteiger partial charge in [-0.3, -0.25) is 4.79 Å². The third kappa shape index (κ3) is 1.54. The van der Waals surface area contributed by atoms with E-state index in [0.29, 0.717) is 28.4 Å². The summed E-state index contributed by atoms with van der Waals surface area (Å²) >= 11 is 0. The topological polar surface area (TPSA) is 30.2 Å². The van der Waals surface area contributed by atoms with Gasteiger partial charge in [0.1, 0.15) is 11.2 Å². The molecular formula is C16H12O2. The second kappa shape index (κ2) is 4.15. The van der Waals surface area contributed by atoms with Crippen molar-refractivity contribution in [2.24, 2.45) is 0 Å². The molecule has 3 rings (SSSR count). The van der Waals surface area contributed by atoms with Crippen LogP contribution in [0.5, 0.6) is 0 Å². The van der Waals surface area contributed by atoms with E-state index in [0.717, 1.165) is 5.56 Å². The van der Waals surface area contributed by atoms with Crippen LogP contribution in [0, 0.1) is 0 Å². The van der Waals surface area contributed by atoms with Crippen LogP contribution in [0.2, 0.25) is 0 Å². The zero-order valence-electron chi connectivity index (χ0n) is 9.85. The highest BCUT2D eigenvalue weighted by Crippen LogP contribution is 2.21. The van der Waals surface area contributed by atoms with Crippen molar-refractivity contribution < 1.29 is 4.42 Å². The fourth-order valence-electron chi connectivity index (χ4n) is 2.24. The van der Waals surface area contributed by atoms with Gasteiger partial charge in [-0.1, -0.05) is 30.3 Å². The molecule has 0 radical (unpaired) electrons. The lowest BCUT2D eigenvalue weighted by molar-refractivity contribution is 0.659. The molecule has 0 aliphatic carbocycles. The van der Waals surface area contributed by atoms with Crippen LogP contribution in [0.25, 0.3) is 21.9 Å². The van der Waals surface area contributed by atoms with E-state index < -0.39 is 0 Å². The highest BCUT2D eigenvalue weighted by molar-refractivity contribution is 5.91. The molecule has 0 aliphatic heterocycles. The summed E-state index contributed by atoms with van der Waals surface area (Å²) in [6.45, 7) is 3.72. The van der Waals surface area contributed by atoms with Crippen LogP contribution in [0.4, 0.5) is 0 Å². The van der Waals surface area contributed by atoms with Crippen LogP contribution in [0.1, 0.15) is 5.56 Å². The number of benzene rings is 2. The van der Waals surface area contributed by atoms with Gasteiger partial charge in [-0.05, 0) is 30.2 Å². The number of fused-ring (bicyclic) bond motifs is 2. The Balaban J connectivity index is 2.53. The molecule has 88 valence electrons. The molecule has 2 nitrogen and oxygen atoms in total. The SMILES string of the molecule is C=CCc1cccc2oc3ccccc3c(=O)c12.